The molecular formula is C17H27N3O3S. The number of aromatic nitrogens is 1. The van der Waals surface area contributed by atoms with Gasteiger partial charge in [0.15, 0.2) is 0 Å². The molecule has 0 spiro atoms. The second kappa shape index (κ2) is 7.51. The summed E-state index contributed by atoms with van der Waals surface area (Å²) in [4.78, 5) is 31.5. The zero-order valence-electron chi connectivity index (χ0n) is 15.1. The molecule has 1 aromatic heterocycles. The highest BCUT2D eigenvalue weighted by molar-refractivity contribution is 7.11. The van der Waals surface area contributed by atoms with Gasteiger partial charge in [0.25, 0.3) is 0 Å². The maximum atomic E-state index is 12.3. The smallest absolute Gasteiger partial charge is 0.410 e. The third-order valence-electron chi connectivity index (χ3n) is 3.86. The molecule has 2 amide bonds. The van der Waals surface area contributed by atoms with Crippen LogP contribution in [0.2, 0.25) is 0 Å². The number of thiazole rings is 1. The summed E-state index contributed by atoms with van der Waals surface area (Å²) < 4.78 is 5.35. The molecule has 2 rings (SSSR count). The molecule has 1 aromatic rings. The molecule has 0 saturated carbocycles. The largest absolute Gasteiger partial charge is 0.444 e. The van der Waals surface area contributed by atoms with Crippen LogP contribution in [0.5, 0.6) is 0 Å². The van der Waals surface area contributed by atoms with Crippen molar-refractivity contribution in [2.75, 3.05) is 19.6 Å². The van der Waals surface area contributed by atoms with Crippen LogP contribution in [0.4, 0.5) is 4.79 Å². The summed E-state index contributed by atoms with van der Waals surface area (Å²) in [5.41, 5.74) is 0.533. The monoisotopic (exact) mass is 353 g/mol. The van der Waals surface area contributed by atoms with Crippen molar-refractivity contribution >= 4 is 23.3 Å². The van der Waals surface area contributed by atoms with E-state index in [-0.39, 0.29) is 17.9 Å². The van der Waals surface area contributed by atoms with Gasteiger partial charge in [-0.3, -0.25) is 4.79 Å². The molecular weight excluding hydrogens is 326 g/mol. The predicted octanol–water partition coefficient (Wildman–Crippen LogP) is 2.68. The molecule has 0 aromatic carbocycles. The van der Waals surface area contributed by atoms with Gasteiger partial charge in [-0.1, -0.05) is 0 Å². The van der Waals surface area contributed by atoms with E-state index in [4.69, 9.17) is 4.74 Å². The van der Waals surface area contributed by atoms with Crippen LogP contribution < -0.4 is 5.32 Å². The fourth-order valence-corrected chi connectivity index (χ4v) is 3.65. The zero-order valence-corrected chi connectivity index (χ0v) is 16.0. The second-order valence-corrected chi connectivity index (χ2v) is 8.48. The average molecular weight is 353 g/mol. The van der Waals surface area contributed by atoms with E-state index in [0.717, 1.165) is 17.1 Å². The molecule has 1 aliphatic rings. The van der Waals surface area contributed by atoms with Gasteiger partial charge in [-0.05, 0) is 41.0 Å². The van der Waals surface area contributed by atoms with Crippen molar-refractivity contribution in [2.45, 2.75) is 53.1 Å². The topological polar surface area (TPSA) is 71.5 Å². The molecule has 1 saturated heterocycles. The van der Waals surface area contributed by atoms with E-state index < -0.39 is 5.60 Å². The molecule has 1 atom stereocenters. The van der Waals surface area contributed by atoms with Crippen LogP contribution in [0.25, 0.3) is 0 Å². The third-order valence-corrected chi connectivity index (χ3v) is 4.99. The highest BCUT2D eigenvalue weighted by Crippen LogP contribution is 2.20. The van der Waals surface area contributed by atoms with Crippen LogP contribution in [-0.2, 0) is 16.0 Å². The lowest BCUT2D eigenvalue weighted by Crippen LogP contribution is -2.38. The van der Waals surface area contributed by atoms with E-state index in [1.165, 1.54) is 4.88 Å². The number of nitrogens with one attached hydrogen (secondary N) is 1. The molecule has 1 N–H and O–H groups in total. The second-order valence-electron chi connectivity index (χ2n) is 7.19. The van der Waals surface area contributed by atoms with E-state index in [2.05, 4.69) is 10.3 Å². The number of nitrogens with zero attached hydrogens (tertiary/aromatic N) is 2. The van der Waals surface area contributed by atoms with Crippen molar-refractivity contribution in [3.63, 3.8) is 0 Å². The number of carbonyl (C=O) groups is 2. The summed E-state index contributed by atoms with van der Waals surface area (Å²) in [5, 5.41) is 4.03. The van der Waals surface area contributed by atoms with Crippen molar-refractivity contribution in [1.29, 1.82) is 0 Å². The summed E-state index contributed by atoms with van der Waals surface area (Å²) in [5.74, 6) is -0.137. The highest BCUT2D eigenvalue weighted by atomic mass is 32.1. The van der Waals surface area contributed by atoms with E-state index in [0.29, 0.717) is 26.1 Å². The number of likely N-dealkylation sites (tertiary alicyclic amines) is 1. The Kier molecular flexibility index (Phi) is 5.85. The average Bonchev–Trinajstić information content (AvgIpc) is 3.04. The summed E-state index contributed by atoms with van der Waals surface area (Å²) in [7, 11) is 0. The van der Waals surface area contributed by atoms with Crippen molar-refractivity contribution in [2.24, 2.45) is 5.92 Å². The molecule has 0 radical (unpaired) electrons. The Morgan fingerprint density at radius 3 is 2.67 bits per heavy atom. The van der Waals surface area contributed by atoms with Gasteiger partial charge in [-0.15, -0.1) is 11.3 Å². The lowest BCUT2D eigenvalue weighted by molar-refractivity contribution is -0.124. The molecule has 6 nitrogen and oxygen atoms in total. The molecule has 134 valence electrons. The number of aryl methyl sites for hydroxylation is 2. The zero-order chi connectivity index (χ0) is 17.9. The molecule has 1 fully saturated rings. The molecule has 0 unspecified atom stereocenters. The Morgan fingerprint density at radius 2 is 2.08 bits per heavy atom. The molecule has 7 heteroatoms. The lowest BCUT2D eigenvalue weighted by atomic mass is 10.1. The highest BCUT2D eigenvalue weighted by Gasteiger charge is 2.33. The minimum absolute atomic E-state index is 0.0138. The van der Waals surface area contributed by atoms with Crippen molar-refractivity contribution in [3.8, 4) is 0 Å². The summed E-state index contributed by atoms with van der Waals surface area (Å²) >= 11 is 1.68. The van der Waals surface area contributed by atoms with E-state index in [9.17, 15) is 9.59 Å². The first kappa shape index (κ1) is 18.7. The normalized spacial score (nSPS) is 17.9. The molecule has 2 heterocycles. The quantitative estimate of drug-likeness (QED) is 0.903. The number of hydrogen-bond acceptors (Lipinski definition) is 5. The summed E-state index contributed by atoms with van der Waals surface area (Å²) in [6, 6.07) is 0. The van der Waals surface area contributed by atoms with Crippen molar-refractivity contribution in [3.05, 3.63) is 15.6 Å². The Hall–Kier alpha value is -1.63. The van der Waals surface area contributed by atoms with Gasteiger partial charge in [0, 0.05) is 30.9 Å². The van der Waals surface area contributed by atoms with Crippen LogP contribution in [-0.4, -0.2) is 47.1 Å². The minimum Gasteiger partial charge on any atom is -0.444 e. The van der Waals surface area contributed by atoms with Gasteiger partial charge in [-0.25, -0.2) is 9.78 Å². The van der Waals surface area contributed by atoms with Crippen molar-refractivity contribution in [1.82, 2.24) is 15.2 Å². The van der Waals surface area contributed by atoms with E-state index in [1.54, 1.807) is 16.2 Å². The maximum absolute atomic E-state index is 12.3. The fraction of sp³-hybridized carbons (Fsp3) is 0.706. The van der Waals surface area contributed by atoms with Crippen LogP contribution in [0.1, 0.15) is 42.8 Å². The Bertz CT molecular complexity index is 607. The SMILES string of the molecule is Cc1nc(C)c(CCNC(=O)[C@H]2CCN(C(=O)OC(C)(C)C)C2)s1. The minimum atomic E-state index is -0.512. The Morgan fingerprint density at radius 1 is 1.38 bits per heavy atom. The van der Waals surface area contributed by atoms with E-state index >= 15 is 0 Å². The molecule has 0 bridgehead atoms. The van der Waals surface area contributed by atoms with Crippen LogP contribution in [0, 0.1) is 19.8 Å². The molecule has 0 aliphatic carbocycles. The lowest BCUT2D eigenvalue weighted by Gasteiger charge is -2.24. The summed E-state index contributed by atoms with van der Waals surface area (Å²) in [6.45, 7) is 11.1. The Labute approximate surface area is 147 Å². The maximum Gasteiger partial charge on any atom is 0.410 e. The van der Waals surface area contributed by atoms with Crippen LogP contribution >= 0.6 is 11.3 Å². The van der Waals surface area contributed by atoms with Gasteiger partial charge in [0.2, 0.25) is 5.91 Å². The Balaban J connectivity index is 1.76. The van der Waals surface area contributed by atoms with Gasteiger partial charge in [0.05, 0.1) is 16.6 Å². The van der Waals surface area contributed by atoms with Gasteiger partial charge in [0.1, 0.15) is 5.60 Å². The van der Waals surface area contributed by atoms with E-state index in [1.807, 2.05) is 34.6 Å². The molecule has 1 aliphatic heterocycles. The number of rotatable bonds is 4. The van der Waals surface area contributed by atoms with Gasteiger partial charge >= 0.3 is 6.09 Å². The predicted molar refractivity (Wildman–Crippen MR) is 94.2 cm³/mol. The van der Waals surface area contributed by atoms with Crippen LogP contribution in [0.15, 0.2) is 0 Å². The third kappa shape index (κ3) is 5.19. The van der Waals surface area contributed by atoms with Gasteiger partial charge in [-0.2, -0.15) is 0 Å². The number of ether oxygens (including phenoxy) is 1. The standard InChI is InChI=1S/C17H27N3O3S/c1-11-14(24-12(2)19-11)6-8-18-15(21)13-7-9-20(10-13)16(22)23-17(3,4)5/h13H,6-10H2,1-5H3,(H,18,21)/t13-/m0/s1. The van der Waals surface area contributed by atoms with Crippen molar-refractivity contribution < 1.29 is 14.3 Å². The van der Waals surface area contributed by atoms with Gasteiger partial charge < -0.3 is 15.0 Å². The summed E-state index contributed by atoms with van der Waals surface area (Å²) in [6.07, 6.45) is 1.14. The number of carbonyl (C=O) groups excluding carboxylic acids is 2. The first-order valence-electron chi connectivity index (χ1n) is 8.34. The molecule has 24 heavy (non-hydrogen) atoms. The fourth-order valence-electron chi connectivity index (χ4n) is 2.72. The van der Waals surface area contributed by atoms with Crippen LogP contribution in [0.3, 0.4) is 0 Å². The first-order chi connectivity index (χ1) is 11.2. The first-order valence-corrected chi connectivity index (χ1v) is 9.16. The number of hydrogen-bond donors (Lipinski definition) is 1. The number of amides is 2.